The zero-order valence-corrected chi connectivity index (χ0v) is 23.1. The quantitative estimate of drug-likeness (QED) is 0.114. The Bertz CT molecular complexity index is 1310. The number of esters is 1. The molecule has 1 amide bonds. The Kier molecular flexibility index (Phi) is 12.3. The van der Waals surface area contributed by atoms with Gasteiger partial charge < -0.3 is 15.2 Å². The number of halogens is 4. The van der Waals surface area contributed by atoms with E-state index in [0.29, 0.717) is 41.2 Å². The Balaban J connectivity index is 2.81. The number of unbranched alkanes of at least 4 members (excludes halogenated alkanes) is 2. The molecular formula is C31H34F4N2O4. The van der Waals surface area contributed by atoms with Crippen LogP contribution in [0.2, 0.25) is 0 Å². The van der Waals surface area contributed by atoms with Gasteiger partial charge >= 0.3 is 12.1 Å². The van der Waals surface area contributed by atoms with Gasteiger partial charge in [-0.1, -0.05) is 12.2 Å². The zero-order valence-electron chi connectivity index (χ0n) is 23.1. The number of amides is 1. The molecule has 0 bridgehead atoms. The summed E-state index contributed by atoms with van der Waals surface area (Å²) in [7, 11) is 0. The maximum Gasteiger partial charge on any atom is 0.419 e. The molecule has 0 fully saturated rings. The third kappa shape index (κ3) is 9.02. The van der Waals surface area contributed by atoms with Gasteiger partial charge in [-0.2, -0.15) is 18.4 Å². The van der Waals surface area contributed by atoms with E-state index in [-0.39, 0.29) is 18.6 Å². The van der Waals surface area contributed by atoms with E-state index in [1.54, 1.807) is 19.1 Å². The number of carbonyl (C=O) groups is 2. The van der Waals surface area contributed by atoms with Crippen LogP contribution in [-0.2, 0) is 26.9 Å². The van der Waals surface area contributed by atoms with E-state index in [1.165, 1.54) is 19.1 Å². The summed E-state index contributed by atoms with van der Waals surface area (Å²) < 4.78 is 63.0. The summed E-state index contributed by atoms with van der Waals surface area (Å²) >= 11 is 0. The fourth-order valence-electron chi connectivity index (χ4n) is 4.55. The minimum Gasteiger partial charge on any atom is -0.466 e. The van der Waals surface area contributed by atoms with Crippen LogP contribution in [0, 0.1) is 24.1 Å². The number of aryl methyl sites for hydroxylation is 2. The SMILES string of the molecule is C=CCCCCc1cc(C#N)cc(C)c1-c1cc([C@H](CC(=O)OCC)NC(=O)[C@H](O)CC=C)c(F)c(C(F)(F)F)c1. The highest BCUT2D eigenvalue weighted by molar-refractivity contribution is 5.82. The fraction of sp³-hybridized carbons (Fsp3) is 0.387. The average Bonchev–Trinajstić information content (AvgIpc) is 2.90. The van der Waals surface area contributed by atoms with Crippen LogP contribution in [0.3, 0.4) is 0 Å². The number of nitriles is 1. The van der Waals surface area contributed by atoms with Gasteiger partial charge in [-0.05, 0) is 86.1 Å². The van der Waals surface area contributed by atoms with Crippen LogP contribution in [0.25, 0.3) is 11.1 Å². The van der Waals surface area contributed by atoms with Gasteiger partial charge in [0.15, 0.2) is 0 Å². The molecule has 220 valence electrons. The predicted molar refractivity (Wildman–Crippen MR) is 147 cm³/mol. The molecule has 0 spiro atoms. The summed E-state index contributed by atoms with van der Waals surface area (Å²) in [4.78, 5) is 25.0. The fourth-order valence-corrected chi connectivity index (χ4v) is 4.55. The van der Waals surface area contributed by atoms with Crippen molar-refractivity contribution in [3.63, 3.8) is 0 Å². The number of allylic oxidation sites excluding steroid dienone is 1. The third-order valence-electron chi connectivity index (χ3n) is 6.41. The van der Waals surface area contributed by atoms with Crippen molar-refractivity contribution in [3.8, 4) is 17.2 Å². The molecule has 2 aromatic carbocycles. The normalized spacial score (nSPS) is 12.6. The number of rotatable bonds is 14. The number of nitrogens with one attached hydrogen (secondary N) is 1. The van der Waals surface area contributed by atoms with Crippen LogP contribution in [0.15, 0.2) is 49.6 Å². The second-order valence-electron chi connectivity index (χ2n) is 9.51. The largest absolute Gasteiger partial charge is 0.466 e. The first-order valence-electron chi connectivity index (χ1n) is 13.2. The Morgan fingerprint density at radius 2 is 1.88 bits per heavy atom. The third-order valence-corrected chi connectivity index (χ3v) is 6.41. The molecule has 0 aliphatic carbocycles. The van der Waals surface area contributed by atoms with Gasteiger partial charge in [0, 0.05) is 12.0 Å². The first-order valence-corrected chi connectivity index (χ1v) is 13.2. The topological polar surface area (TPSA) is 99.4 Å². The molecule has 0 aromatic heterocycles. The smallest absolute Gasteiger partial charge is 0.419 e. The van der Waals surface area contributed by atoms with Crippen LogP contribution in [0.5, 0.6) is 0 Å². The Labute approximate surface area is 237 Å². The van der Waals surface area contributed by atoms with Crippen molar-refractivity contribution in [1.29, 1.82) is 5.26 Å². The number of hydrogen-bond acceptors (Lipinski definition) is 5. The van der Waals surface area contributed by atoms with Crippen LogP contribution in [-0.4, -0.2) is 29.7 Å². The molecule has 10 heteroatoms. The van der Waals surface area contributed by atoms with Crippen molar-refractivity contribution in [2.24, 2.45) is 0 Å². The molecule has 0 saturated carbocycles. The van der Waals surface area contributed by atoms with Crippen molar-refractivity contribution in [2.75, 3.05) is 6.61 Å². The first-order chi connectivity index (χ1) is 19.4. The van der Waals surface area contributed by atoms with Gasteiger partial charge in [0.2, 0.25) is 5.91 Å². The molecule has 2 rings (SSSR count). The lowest BCUT2D eigenvalue weighted by Gasteiger charge is -2.24. The van der Waals surface area contributed by atoms with E-state index in [2.05, 4.69) is 24.5 Å². The van der Waals surface area contributed by atoms with Crippen LogP contribution >= 0.6 is 0 Å². The minimum atomic E-state index is -5.11. The summed E-state index contributed by atoms with van der Waals surface area (Å²) in [6.07, 6.45) is -1.97. The summed E-state index contributed by atoms with van der Waals surface area (Å²) in [5.41, 5.74) is -0.354. The molecule has 0 aliphatic rings. The lowest BCUT2D eigenvalue weighted by atomic mass is 9.87. The van der Waals surface area contributed by atoms with E-state index in [0.717, 1.165) is 18.9 Å². The molecular weight excluding hydrogens is 540 g/mol. The van der Waals surface area contributed by atoms with E-state index in [1.807, 2.05) is 0 Å². The molecule has 0 heterocycles. The molecule has 2 atom stereocenters. The van der Waals surface area contributed by atoms with Crippen molar-refractivity contribution in [2.45, 2.75) is 70.7 Å². The maximum atomic E-state index is 15.6. The highest BCUT2D eigenvalue weighted by Crippen LogP contribution is 2.40. The molecule has 0 aliphatic heterocycles. The average molecular weight is 575 g/mol. The number of carbonyl (C=O) groups excluding carboxylic acids is 2. The lowest BCUT2D eigenvalue weighted by Crippen LogP contribution is -2.38. The molecule has 2 N–H and O–H groups in total. The second kappa shape index (κ2) is 15.1. The van der Waals surface area contributed by atoms with Crippen molar-refractivity contribution in [1.82, 2.24) is 5.32 Å². The molecule has 41 heavy (non-hydrogen) atoms. The summed E-state index contributed by atoms with van der Waals surface area (Å²) in [6, 6.07) is 5.44. The maximum absolute atomic E-state index is 15.6. The van der Waals surface area contributed by atoms with E-state index in [4.69, 9.17) is 4.74 Å². The van der Waals surface area contributed by atoms with Gasteiger partial charge in [0.25, 0.3) is 0 Å². The Hall–Kier alpha value is -3.97. The predicted octanol–water partition coefficient (Wildman–Crippen LogP) is 6.64. The summed E-state index contributed by atoms with van der Waals surface area (Å²) in [5, 5.41) is 21.9. The molecule has 2 aromatic rings. The molecule has 0 radical (unpaired) electrons. The van der Waals surface area contributed by atoms with Gasteiger partial charge in [-0.3, -0.25) is 9.59 Å². The number of aliphatic hydroxyl groups is 1. The molecule has 0 unspecified atom stereocenters. The van der Waals surface area contributed by atoms with Crippen molar-refractivity contribution < 1.29 is 37.0 Å². The second-order valence-corrected chi connectivity index (χ2v) is 9.51. The minimum absolute atomic E-state index is 0.00387. The number of nitrogens with zero attached hydrogens (tertiary/aromatic N) is 1. The number of alkyl halides is 3. The van der Waals surface area contributed by atoms with Gasteiger partial charge in [0.1, 0.15) is 11.9 Å². The standard InChI is InChI=1S/C31H34F4N2O4/c1-5-8-9-10-12-21-14-20(18-36)13-19(4)28(21)22-15-23(29(32)24(16-22)31(33,34)35)25(17-27(39)41-7-3)37-30(40)26(38)11-6-2/h5-6,13-16,25-26,38H,1-2,7-12,17H2,3-4H3,(H,37,40)/t25-,26+/m0/s1. The van der Waals surface area contributed by atoms with Crippen LogP contribution in [0.4, 0.5) is 17.6 Å². The van der Waals surface area contributed by atoms with E-state index >= 15 is 4.39 Å². The van der Waals surface area contributed by atoms with Gasteiger partial charge in [-0.25, -0.2) is 4.39 Å². The van der Waals surface area contributed by atoms with Crippen molar-refractivity contribution >= 4 is 11.9 Å². The van der Waals surface area contributed by atoms with Gasteiger partial charge in [0.05, 0.1) is 36.3 Å². The van der Waals surface area contributed by atoms with E-state index < -0.39 is 53.6 Å². The Morgan fingerprint density at radius 3 is 2.46 bits per heavy atom. The molecule has 6 nitrogen and oxygen atoms in total. The number of hydrogen-bond donors (Lipinski definition) is 2. The monoisotopic (exact) mass is 574 g/mol. The van der Waals surface area contributed by atoms with Crippen LogP contribution < -0.4 is 5.32 Å². The van der Waals surface area contributed by atoms with Gasteiger partial charge in [-0.15, -0.1) is 13.2 Å². The lowest BCUT2D eigenvalue weighted by molar-refractivity contribution is -0.144. The van der Waals surface area contributed by atoms with Crippen LogP contribution in [0.1, 0.15) is 72.9 Å². The first kappa shape index (κ1) is 33.2. The summed E-state index contributed by atoms with van der Waals surface area (Å²) in [6.45, 7) is 10.2. The summed E-state index contributed by atoms with van der Waals surface area (Å²) in [5.74, 6) is -3.56. The highest BCUT2D eigenvalue weighted by atomic mass is 19.4. The number of ether oxygens (including phenoxy) is 1. The van der Waals surface area contributed by atoms with Crippen molar-refractivity contribution in [3.05, 3.63) is 83.2 Å². The van der Waals surface area contributed by atoms with E-state index in [9.17, 15) is 33.1 Å². The number of aliphatic hydroxyl groups excluding tert-OH is 1. The number of benzene rings is 2. The molecule has 0 saturated heterocycles. The Morgan fingerprint density at radius 1 is 1.17 bits per heavy atom. The highest BCUT2D eigenvalue weighted by Gasteiger charge is 2.38. The zero-order chi connectivity index (χ0) is 30.7.